The minimum Gasteiger partial charge on any atom is -0.509 e. The second-order valence-corrected chi connectivity index (χ2v) is 7.16. The predicted octanol–water partition coefficient (Wildman–Crippen LogP) is 3.33. The summed E-state index contributed by atoms with van der Waals surface area (Å²) in [4.78, 5) is 8.82. The number of allylic oxidation sites excluding steroid dienone is 1. The molecule has 6 nitrogen and oxygen atoms in total. The van der Waals surface area contributed by atoms with Gasteiger partial charge in [-0.25, -0.2) is 9.37 Å². The van der Waals surface area contributed by atoms with Crippen molar-refractivity contribution < 1.29 is 9.50 Å². The summed E-state index contributed by atoms with van der Waals surface area (Å²) in [6.07, 6.45) is 0. The molecular weight excluding hydrogens is 369 g/mol. The van der Waals surface area contributed by atoms with E-state index in [1.54, 1.807) is 12.1 Å². The van der Waals surface area contributed by atoms with Crippen molar-refractivity contribution in [1.82, 2.24) is 14.5 Å². The van der Waals surface area contributed by atoms with Gasteiger partial charge >= 0.3 is 0 Å². The molecule has 1 saturated heterocycles. The summed E-state index contributed by atoms with van der Waals surface area (Å²) in [5, 5.41) is 20.3. The van der Waals surface area contributed by atoms with E-state index in [0.717, 1.165) is 42.9 Å². The number of aliphatic hydroxyl groups excluding tert-OH is 1. The number of aryl methyl sites for hydroxylation is 1. The van der Waals surface area contributed by atoms with E-state index in [9.17, 15) is 14.8 Å². The van der Waals surface area contributed by atoms with Gasteiger partial charge in [-0.05, 0) is 36.4 Å². The molecule has 0 aliphatic carbocycles. The Hall–Kier alpha value is -3.37. The van der Waals surface area contributed by atoms with Gasteiger partial charge in [-0.15, -0.1) is 0 Å². The van der Waals surface area contributed by atoms with Crippen LogP contribution in [0.1, 0.15) is 5.82 Å². The van der Waals surface area contributed by atoms with Crippen LogP contribution in [0.4, 0.5) is 10.1 Å². The van der Waals surface area contributed by atoms with E-state index in [1.807, 2.05) is 35.9 Å². The van der Waals surface area contributed by atoms with E-state index in [-0.39, 0.29) is 17.1 Å². The van der Waals surface area contributed by atoms with Crippen LogP contribution in [0.2, 0.25) is 0 Å². The van der Waals surface area contributed by atoms with Crippen molar-refractivity contribution in [2.75, 3.05) is 37.6 Å². The second kappa shape index (κ2) is 7.94. The zero-order valence-electron chi connectivity index (χ0n) is 16.2. The number of benzene rings is 2. The molecule has 0 saturated carbocycles. The largest absolute Gasteiger partial charge is 0.509 e. The Bertz CT molecular complexity index is 1090. The molecule has 1 N–H and O–H groups in total. The predicted molar refractivity (Wildman–Crippen MR) is 111 cm³/mol. The highest BCUT2D eigenvalue weighted by Gasteiger charge is 2.21. The first-order valence-corrected chi connectivity index (χ1v) is 9.53. The monoisotopic (exact) mass is 391 g/mol. The average molecular weight is 391 g/mol. The third kappa shape index (κ3) is 3.80. The van der Waals surface area contributed by atoms with Crippen molar-refractivity contribution in [3.05, 3.63) is 65.9 Å². The molecule has 0 radical (unpaired) electrons. The number of hydrogen-bond acceptors (Lipinski definition) is 5. The molecule has 29 heavy (non-hydrogen) atoms. The lowest BCUT2D eigenvalue weighted by Gasteiger charge is -2.36. The summed E-state index contributed by atoms with van der Waals surface area (Å²) in [7, 11) is 1.84. The Balaban J connectivity index is 1.48. The highest BCUT2D eigenvalue weighted by atomic mass is 19.1. The first kappa shape index (κ1) is 19.0. The maximum atomic E-state index is 13.1. The summed E-state index contributed by atoms with van der Waals surface area (Å²) in [5.74, 6) is 0.255. The van der Waals surface area contributed by atoms with Gasteiger partial charge in [-0.1, -0.05) is 12.1 Å². The van der Waals surface area contributed by atoms with Crippen LogP contribution in [-0.4, -0.2) is 52.3 Å². The number of nitriles is 1. The minimum absolute atomic E-state index is 0.0288. The molecule has 2 heterocycles. The van der Waals surface area contributed by atoms with Crippen molar-refractivity contribution >= 4 is 22.3 Å². The van der Waals surface area contributed by atoms with Crippen molar-refractivity contribution in [1.29, 1.82) is 5.26 Å². The van der Waals surface area contributed by atoms with Crippen LogP contribution in [0.3, 0.4) is 0 Å². The van der Waals surface area contributed by atoms with E-state index < -0.39 is 0 Å². The molecule has 0 spiro atoms. The molecule has 0 amide bonds. The maximum absolute atomic E-state index is 13.1. The smallest absolute Gasteiger partial charge is 0.155 e. The Morgan fingerprint density at radius 1 is 1.10 bits per heavy atom. The topological polar surface area (TPSA) is 68.3 Å². The number of halogens is 1. The molecule has 1 aliphatic heterocycles. The molecule has 148 valence electrons. The number of aromatic nitrogens is 2. The summed E-state index contributed by atoms with van der Waals surface area (Å²) in [6, 6.07) is 16.3. The third-order valence-corrected chi connectivity index (χ3v) is 5.35. The Labute approximate surface area is 168 Å². The molecule has 0 bridgehead atoms. The highest BCUT2D eigenvalue weighted by molar-refractivity contribution is 5.83. The maximum Gasteiger partial charge on any atom is 0.155 e. The summed E-state index contributed by atoms with van der Waals surface area (Å²) >= 11 is 0. The van der Waals surface area contributed by atoms with Crippen molar-refractivity contribution in [2.45, 2.75) is 0 Å². The number of aliphatic hydroxyl groups is 1. The molecule has 0 atom stereocenters. The fourth-order valence-corrected chi connectivity index (χ4v) is 3.72. The number of anilines is 1. The quantitative estimate of drug-likeness (QED) is 0.546. The second-order valence-electron chi connectivity index (χ2n) is 7.16. The van der Waals surface area contributed by atoms with Crippen LogP contribution in [0, 0.1) is 17.1 Å². The lowest BCUT2D eigenvalue weighted by Crippen LogP contribution is -2.47. The average Bonchev–Trinajstić information content (AvgIpc) is 3.06. The van der Waals surface area contributed by atoms with Gasteiger partial charge in [-0.2, -0.15) is 5.26 Å². The zero-order chi connectivity index (χ0) is 20.4. The van der Waals surface area contributed by atoms with Crippen LogP contribution in [0.5, 0.6) is 0 Å². The van der Waals surface area contributed by atoms with Crippen molar-refractivity contribution in [3.63, 3.8) is 0 Å². The number of rotatable bonds is 4. The lowest BCUT2D eigenvalue weighted by molar-refractivity contribution is 0.239. The molecule has 1 aliphatic rings. The van der Waals surface area contributed by atoms with Gasteiger partial charge in [0, 0.05) is 38.9 Å². The molecule has 3 aromatic rings. The fraction of sp³-hybridized carbons (Fsp3) is 0.273. The normalized spacial score (nSPS) is 16.0. The van der Waals surface area contributed by atoms with E-state index in [0.29, 0.717) is 12.4 Å². The van der Waals surface area contributed by atoms with Crippen LogP contribution in [0.25, 0.3) is 16.6 Å². The van der Waals surface area contributed by atoms with Gasteiger partial charge in [0.25, 0.3) is 0 Å². The number of nitrogens with zero attached hydrogens (tertiary/aromatic N) is 5. The molecule has 4 rings (SSSR count). The third-order valence-electron chi connectivity index (χ3n) is 5.35. The summed E-state index contributed by atoms with van der Waals surface area (Å²) in [6.45, 7) is 3.31. The molecular formula is C22H22FN5O. The van der Waals surface area contributed by atoms with Crippen molar-refractivity contribution in [2.24, 2.45) is 7.05 Å². The highest BCUT2D eigenvalue weighted by Crippen LogP contribution is 2.23. The van der Waals surface area contributed by atoms with E-state index in [1.165, 1.54) is 12.1 Å². The SMILES string of the molecule is Cn1c(/C(C#N)=C(\O)CN2CCN(c3ccc(F)cc3)CC2)nc2ccccc21. The Morgan fingerprint density at radius 2 is 1.79 bits per heavy atom. The van der Waals surface area contributed by atoms with Gasteiger partial charge in [0.1, 0.15) is 23.2 Å². The summed E-state index contributed by atoms with van der Waals surface area (Å²) < 4.78 is 14.9. The number of imidazole rings is 1. The molecule has 7 heteroatoms. The van der Waals surface area contributed by atoms with E-state index in [4.69, 9.17) is 0 Å². The lowest BCUT2D eigenvalue weighted by atomic mass is 10.2. The number of fused-ring (bicyclic) bond motifs is 1. The first-order chi connectivity index (χ1) is 14.1. The fourth-order valence-electron chi connectivity index (χ4n) is 3.72. The van der Waals surface area contributed by atoms with Crippen molar-refractivity contribution in [3.8, 4) is 6.07 Å². The van der Waals surface area contributed by atoms with Crippen LogP contribution >= 0.6 is 0 Å². The standard InChI is InChI=1S/C22H22FN5O/c1-26-20-5-3-2-4-19(20)25-22(26)18(14-24)21(29)15-27-10-12-28(13-11-27)17-8-6-16(23)7-9-17/h2-9,29H,10-13,15H2,1H3/b21-18-. The first-order valence-electron chi connectivity index (χ1n) is 9.53. The molecule has 1 fully saturated rings. The van der Waals surface area contributed by atoms with Gasteiger partial charge in [0.05, 0.1) is 17.6 Å². The van der Waals surface area contributed by atoms with Crippen LogP contribution in [0.15, 0.2) is 54.3 Å². The summed E-state index contributed by atoms with van der Waals surface area (Å²) in [5.41, 5.74) is 2.89. The Morgan fingerprint density at radius 3 is 2.45 bits per heavy atom. The van der Waals surface area contributed by atoms with E-state index >= 15 is 0 Å². The zero-order valence-corrected chi connectivity index (χ0v) is 16.2. The molecule has 0 unspecified atom stereocenters. The van der Waals surface area contributed by atoms with Crippen LogP contribution in [-0.2, 0) is 7.05 Å². The van der Waals surface area contributed by atoms with Gasteiger partial charge in [0.15, 0.2) is 5.82 Å². The van der Waals surface area contributed by atoms with Gasteiger partial charge in [-0.3, -0.25) is 4.90 Å². The van der Waals surface area contributed by atoms with Gasteiger partial charge in [0.2, 0.25) is 0 Å². The number of piperazine rings is 1. The van der Waals surface area contributed by atoms with Gasteiger partial charge < -0.3 is 14.6 Å². The van der Waals surface area contributed by atoms with E-state index in [2.05, 4.69) is 20.9 Å². The molecule has 2 aromatic carbocycles. The van der Waals surface area contributed by atoms with Crippen LogP contribution < -0.4 is 4.90 Å². The number of hydrogen-bond donors (Lipinski definition) is 1. The Kier molecular flexibility index (Phi) is 5.19. The minimum atomic E-state index is -0.242. The number of para-hydroxylation sites is 2. The molecule has 1 aromatic heterocycles.